The van der Waals surface area contributed by atoms with Crippen LogP contribution in [-0.2, 0) is 16.1 Å². The smallest absolute Gasteiger partial charge is 0.220 e. The topological polar surface area (TPSA) is 85.2 Å². The molecule has 2 aliphatic rings. The van der Waals surface area contributed by atoms with Gasteiger partial charge in [-0.2, -0.15) is 5.10 Å². The van der Waals surface area contributed by atoms with Gasteiger partial charge in [0.05, 0.1) is 31.3 Å². The zero-order valence-electron chi connectivity index (χ0n) is 17.1. The van der Waals surface area contributed by atoms with Gasteiger partial charge in [-0.3, -0.25) is 4.79 Å². The van der Waals surface area contributed by atoms with Crippen LogP contribution < -0.4 is 10.2 Å². The molecule has 8 nitrogen and oxygen atoms in total. The summed E-state index contributed by atoms with van der Waals surface area (Å²) in [5.41, 5.74) is 0.825. The average Bonchev–Trinajstić information content (AvgIpc) is 3.42. The zero-order valence-corrected chi connectivity index (χ0v) is 17.9. The van der Waals surface area contributed by atoms with E-state index in [4.69, 9.17) is 9.72 Å². The molecular weight excluding hydrogens is 388 g/mol. The number of aromatic nitrogens is 4. The predicted molar refractivity (Wildman–Crippen MR) is 114 cm³/mol. The second-order valence-electron chi connectivity index (χ2n) is 7.78. The number of carbonyl (C=O) groups is 1. The molecule has 2 fully saturated rings. The first kappa shape index (κ1) is 20.4. The Bertz CT molecular complexity index is 830. The van der Waals surface area contributed by atoms with E-state index in [9.17, 15) is 4.79 Å². The normalized spacial score (nSPS) is 17.9. The molecule has 9 heteroatoms. The Balaban J connectivity index is 1.39. The molecule has 1 N–H and O–H groups in total. The summed E-state index contributed by atoms with van der Waals surface area (Å²) in [6.45, 7) is 4.23. The van der Waals surface area contributed by atoms with Crippen LogP contribution in [0.5, 0.6) is 0 Å². The number of hydrogen-bond acceptors (Lipinski definition) is 7. The van der Waals surface area contributed by atoms with Crippen LogP contribution >= 0.6 is 11.8 Å². The fraction of sp³-hybridized carbons (Fsp3) is 0.700. The first-order valence-electron chi connectivity index (χ1n) is 10.6. The van der Waals surface area contributed by atoms with Crippen molar-refractivity contribution in [2.24, 2.45) is 5.92 Å². The van der Waals surface area contributed by atoms with Gasteiger partial charge in [-0.25, -0.2) is 14.6 Å². The lowest BCUT2D eigenvalue weighted by Crippen LogP contribution is -2.37. The van der Waals surface area contributed by atoms with Gasteiger partial charge in [0.25, 0.3) is 0 Å². The molecule has 0 spiro atoms. The highest BCUT2D eigenvalue weighted by molar-refractivity contribution is 7.98. The molecule has 1 saturated carbocycles. The summed E-state index contributed by atoms with van der Waals surface area (Å²) in [6.07, 6.45) is 10.7. The Labute approximate surface area is 175 Å². The van der Waals surface area contributed by atoms with Crippen molar-refractivity contribution in [2.75, 3.05) is 44.0 Å². The number of morpholine rings is 1. The van der Waals surface area contributed by atoms with Crippen molar-refractivity contribution < 1.29 is 9.53 Å². The lowest BCUT2D eigenvalue weighted by molar-refractivity contribution is -0.121. The monoisotopic (exact) mass is 418 g/mol. The Kier molecular flexibility index (Phi) is 6.86. The molecule has 158 valence electrons. The Morgan fingerprint density at radius 2 is 2.07 bits per heavy atom. The summed E-state index contributed by atoms with van der Waals surface area (Å²) in [5.74, 6) is 1.81. The van der Waals surface area contributed by atoms with E-state index in [1.807, 2.05) is 17.1 Å². The van der Waals surface area contributed by atoms with Crippen LogP contribution in [0.4, 0.5) is 5.82 Å². The fourth-order valence-corrected chi connectivity index (χ4v) is 4.57. The number of ether oxygens (including phenoxy) is 1. The van der Waals surface area contributed by atoms with E-state index >= 15 is 0 Å². The number of nitrogens with zero attached hydrogens (tertiary/aromatic N) is 5. The summed E-state index contributed by atoms with van der Waals surface area (Å²) < 4.78 is 7.34. The van der Waals surface area contributed by atoms with E-state index in [1.54, 1.807) is 0 Å². The maximum absolute atomic E-state index is 12.2. The molecular formula is C20H30N6O2S. The average molecular weight is 419 g/mol. The molecule has 0 bridgehead atoms. The van der Waals surface area contributed by atoms with Crippen molar-refractivity contribution in [1.29, 1.82) is 0 Å². The highest BCUT2D eigenvalue weighted by Crippen LogP contribution is 2.28. The summed E-state index contributed by atoms with van der Waals surface area (Å²) in [4.78, 5) is 23.8. The Morgan fingerprint density at radius 3 is 2.83 bits per heavy atom. The van der Waals surface area contributed by atoms with E-state index in [2.05, 4.69) is 20.3 Å². The molecule has 1 aliphatic carbocycles. The van der Waals surface area contributed by atoms with Crippen LogP contribution in [-0.4, -0.2) is 64.8 Å². The van der Waals surface area contributed by atoms with E-state index in [0.29, 0.717) is 32.7 Å². The zero-order chi connectivity index (χ0) is 20.1. The van der Waals surface area contributed by atoms with Crippen molar-refractivity contribution in [3.05, 3.63) is 6.20 Å². The highest BCUT2D eigenvalue weighted by atomic mass is 32.2. The minimum atomic E-state index is 0.141. The van der Waals surface area contributed by atoms with E-state index < -0.39 is 0 Å². The first-order valence-corrected chi connectivity index (χ1v) is 11.8. The molecule has 4 rings (SSSR count). The van der Waals surface area contributed by atoms with Crippen LogP contribution in [0.25, 0.3) is 11.0 Å². The van der Waals surface area contributed by atoms with Gasteiger partial charge >= 0.3 is 0 Å². The molecule has 1 amide bonds. The van der Waals surface area contributed by atoms with Gasteiger partial charge in [-0.1, -0.05) is 37.4 Å². The SMILES string of the molecule is CSc1nc(N2CCOCC2)c2cnn(CCNC(=O)CCC3CCCC3)c2n1. The van der Waals surface area contributed by atoms with Gasteiger partial charge in [0, 0.05) is 26.1 Å². The number of hydrogen-bond donors (Lipinski definition) is 1. The molecule has 0 radical (unpaired) electrons. The van der Waals surface area contributed by atoms with Crippen LogP contribution in [0.2, 0.25) is 0 Å². The van der Waals surface area contributed by atoms with E-state index in [-0.39, 0.29) is 5.91 Å². The predicted octanol–water partition coefficient (Wildman–Crippen LogP) is 2.47. The van der Waals surface area contributed by atoms with Crippen LogP contribution in [0, 0.1) is 5.92 Å². The van der Waals surface area contributed by atoms with Crippen LogP contribution in [0.3, 0.4) is 0 Å². The number of amides is 1. The Hall–Kier alpha value is -1.87. The summed E-state index contributed by atoms with van der Waals surface area (Å²) in [6, 6.07) is 0. The number of fused-ring (bicyclic) bond motifs is 1. The van der Waals surface area contributed by atoms with Gasteiger partial charge in [0.1, 0.15) is 5.82 Å². The standard InChI is InChI=1S/C20H30N6O2S/c1-29-20-23-18(25-10-12-28-13-11-25)16-14-22-26(19(16)24-20)9-8-21-17(27)7-6-15-4-2-3-5-15/h14-15H,2-13H2,1H3,(H,21,27). The maximum atomic E-state index is 12.2. The number of thioether (sulfide) groups is 1. The molecule has 3 heterocycles. The second kappa shape index (κ2) is 9.75. The van der Waals surface area contributed by atoms with Crippen molar-refractivity contribution in [2.45, 2.75) is 50.2 Å². The van der Waals surface area contributed by atoms with Crippen LogP contribution in [0.15, 0.2) is 11.4 Å². The molecule has 0 atom stereocenters. The van der Waals surface area contributed by atoms with Crippen molar-refractivity contribution in [3.63, 3.8) is 0 Å². The van der Waals surface area contributed by atoms with Crippen molar-refractivity contribution >= 4 is 34.5 Å². The minimum Gasteiger partial charge on any atom is -0.378 e. The lowest BCUT2D eigenvalue weighted by atomic mass is 10.0. The third kappa shape index (κ3) is 5.01. The second-order valence-corrected chi connectivity index (χ2v) is 8.55. The van der Waals surface area contributed by atoms with Crippen molar-refractivity contribution in [1.82, 2.24) is 25.1 Å². The molecule has 1 aliphatic heterocycles. The summed E-state index contributed by atoms with van der Waals surface area (Å²) >= 11 is 1.53. The lowest BCUT2D eigenvalue weighted by Gasteiger charge is -2.28. The molecule has 0 aromatic carbocycles. The third-order valence-electron chi connectivity index (χ3n) is 5.85. The fourth-order valence-electron chi connectivity index (χ4n) is 4.22. The molecule has 0 unspecified atom stereocenters. The number of carbonyl (C=O) groups excluding carboxylic acids is 1. The highest BCUT2D eigenvalue weighted by Gasteiger charge is 2.20. The van der Waals surface area contributed by atoms with E-state index in [0.717, 1.165) is 47.4 Å². The molecule has 1 saturated heterocycles. The van der Waals surface area contributed by atoms with Gasteiger partial charge in [0.15, 0.2) is 10.8 Å². The third-order valence-corrected chi connectivity index (χ3v) is 6.40. The number of anilines is 1. The minimum absolute atomic E-state index is 0.141. The largest absolute Gasteiger partial charge is 0.378 e. The van der Waals surface area contributed by atoms with Crippen LogP contribution in [0.1, 0.15) is 38.5 Å². The number of rotatable bonds is 8. The Morgan fingerprint density at radius 1 is 1.28 bits per heavy atom. The van der Waals surface area contributed by atoms with Gasteiger partial charge in [-0.05, 0) is 18.6 Å². The van der Waals surface area contributed by atoms with Gasteiger partial charge in [0.2, 0.25) is 5.91 Å². The maximum Gasteiger partial charge on any atom is 0.220 e. The molecule has 29 heavy (non-hydrogen) atoms. The first-order chi connectivity index (χ1) is 14.2. The summed E-state index contributed by atoms with van der Waals surface area (Å²) in [5, 5.41) is 9.26. The van der Waals surface area contributed by atoms with E-state index in [1.165, 1.54) is 37.4 Å². The molecule has 2 aromatic heterocycles. The van der Waals surface area contributed by atoms with Gasteiger partial charge < -0.3 is 15.0 Å². The summed E-state index contributed by atoms with van der Waals surface area (Å²) in [7, 11) is 0. The van der Waals surface area contributed by atoms with Crippen molar-refractivity contribution in [3.8, 4) is 0 Å². The quantitative estimate of drug-likeness (QED) is 0.521. The van der Waals surface area contributed by atoms with Gasteiger partial charge in [-0.15, -0.1) is 0 Å². The number of nitrogens with one attached hydrogen (secondary N) is 1. The molecule has 2 aromatic rings.